The highest BCUT2D eigenvalue weighted by molar-refractivity contribution is 7.72. The van der Waals surface area contributed by atoms with Gasteiger partial charge in [-0.3, -0.25) is 0 Å². The maximum atomic E-state index is 10.5. The number of hydrogen-bond donors (Lipinski definition) is 1. The minimum absolute atomic E-state index is 0.134. The van der Waals surface area contributed by atoms with Gasteiger partial charge in [-0.25, -0.2) is 13.4 Å². The maximum Gasteiger partial charge on any atom is 0.185 e. The highest BCUT2D eigenvalue weighted by Gasteiger charge is 2.00. The molecule has 0 aliphatic rings. The molecule has 0 radical (unpaired) electrons. The Balaban J connectivity index is 3.01. The van der Waals surface area contributed by atoms with Gasteiger partial charge in [0.05, 0.1) is 0 Å². The summed E-state index contributed by atoms with van der Waals surface area (Å²) in [5.41, 5.74) is 1.05. The van der Waals surface area contributed by atoms with E-state index in [4.69, 9.17) is 0 Å². The van der Waals surface area contributed by atoms with Crippen LogP contribution in [0.25, 0.3) is 0 Å². The van der Waals surface area contributed by atoms with Crippen molar-refractivity contribution in [1.29, 1.82) is 0 Å². The van der Waals surface area contributed by atoms with Crippen LogP contribution < -0.4 is 0 Å². The second-order valence-electron chi connectivity index (χ2n) is 2.86. The monoisotopic (exact) mass is 185 g/mol. The molecule has 0 unspecified atom stereocenters. The first-order valence-corrected chi connectivity index (χ1v) is 4.89. The first-order valence-electron chi connectivity index (χ1n) is 3.71. The summed E-state index contributed by atoms with van der Waals surface area (Å²) in [6, 6.07) is 3.32. The van der Waals surface area contributed by atoms with Gasteiger partial charge in [-0.05, 0) is 17.5 Å². The summed E-state index contributed by atoms with van der Waals surface area (Å²) in [7, 11) is -2.54. The van der Waals surface area contributed by atoms with Crippen molar-refractivity contribution in [2.24, 2.45) is 0 Å². The molecule has 0 atom stereocenters. The maximum absolute atomic E-state index is 10.5. The highest BCUT2D eigenvalue weighted by atomic mass is 32.2. The minimum atomic E-state index is -2.54. The van der Waals surface area contributed by atoms with E-state index in [-0.39, 0.29) is 5.03 Å². The minimum Gasteiger partial charge on any atom is -0.245 e. The van der Waals surface area contributed by atoms with Crippen LogP contribution in [0.3, 0.4) is 0 Å². The van der Waals surface area contributed by atoms with Crippen LogP contribution in [0.15, 0.2) is 23.4 Å². The van der Waals surface area contributed by atoms with E-state index in [1.54, 1.807) is 12.3 Å². The van der Waals surface area contributed by atoms with Gasteiger partial charge in [0.2, 0.25) is 0 Å². The summed E-state index contributed by atoms with van der Waals surface area (Å²) in [5, 5.41) is 0.134. The number of nitrogens with zero attached hydrogens (tertiary/aromatic N) is 1. The SMILES string of the molecule is CC(C)c1ccc([SH](=O)=O)nc1. The Bertz CT molecular complexity index is 319. The summed E-state index contributed by atoms with van der Waals surface area (Å²) in [5.74, 6) is 0.385. The molecular weight excluding hydrogens is 174 g/mol. The van der Waals surface area contributed by atoms with Crippen molar-refractivity contribution in [1.82, 2.24) is 4.98 Å². The van der Waals surface area contributed by atoms with E-state index >= 15 is 0 Å². The second kappa shape index (κ2) is 3.67. The van der Waals surface area contributed by atoms with E-state index < -0.39 is 10.7 Å². The summed E-state index contributed by atoms with van der Waals surface area (Å²) in [6.07, 6.45) is 1.60. The summed E-state index contributed by atoms with van der Waals surface area (Å²) >= 11 is 0. The zero-order chi connectivity index (χ0) is 9.14. The van der Waals surface area contributed by atoms with Crippen molar-refractivity contribution in [3.8, 4) is 0 Å². The molecule has 1 aromatic heterocycles. The summed E-state index contributed by atoms with van der Waals surface area (Å²) in [4.78, 5) is 3.80. The molecule has 1 heterocycles. The Hall–Kier alpha value is -0.900. The molecule has 0 aliphatic carbocycles. The van der Waals surface area contributed by atoms with Crippen LogP contribution in [0.2, 0.25) is 0 Å². The normalized spacial score (nSPS) is 11.0. The van der Waals surface area contributed by atoms with Crippen LogP contribution in [0.1, 0.15) is 25.3 Å². The van der Waals surface area contributed by atoms with E-state index in [1.165, 1.54) is 6.07 Å². The Morgan fingerprint density at radius 2 is 2.00 bits per heavy atom. The third kappa shape index (κ3) is 2.04. The smallest absolute Gasteiger partial charge is 0.185 e. The molecular formula is C8H11NO2S. The molecule has 1 aromatic rings. The van der Waals surface area contributed by atoms with Crippen molar-refractivity contribution in [2.45, 2.75) is 24.8 Å². The fraction of sp³-hybridized carbons (Fsp3) is 0.375. The lowest BCUT2D eigenvalue weighted by Gasteiger charge is -2.02. The van der Waals surface area contributed by atoms with Crippen LogP contribution in [0, 0.1) is 0 Å². The standard InChI is InChI=1S/C8H11NO2S/c1-6(2)7-3-4-8(9-5-7)12(10)11/h3-6,12H,1-2H3. The van der Waals surface area contributed by atoms with E-state index in [1.807, 2.05) is 13.8 Å². The van der Waals surface area contributed by atoms with E-state index in [2.05, 4.69) is 4.98 Å². The van der Waals surface area contributed by atoms with E-state index in [9.17, 15) is 8.42 Å². The van der Waals surface area contributed by atoms with Gasteiger partial charge >= 0.3 is 0 Å². The number of aromatic nitrogens is 1. The Morgan fingerprint density at radius 3 is 2.33 bits per heavy atom. The molecule has 0 spiro atoms. The molecule has 0 bridgehead atoms. The van der Waals surface area contributed by atoms with Gasteiger partial charge in [0.15, 0.2) is 15.7 Å². The number of rotatable bonds is 2. The second-order valence-corrected chi connectivity index (χ2v) is 3.83. The van der Waals surface area contributed by atoms with Crippen molar-refractivity contribution in [2.75, 3.05) is 0 Å². The van der Waals surface area contributed by atoms with Crippen LogP contribution in [0.4, 0.5) is 0 Å². The van der Waals surface area contributed by atoms with Crippen molar-refractivity contribution in [3.63, 3.8) is 0 Å². The highest BCUT2D eigenvalue weighted by Crippen LogP contribution is 2.12. The third-order valence-corrected chi connectivity index (χ3v) is 2.26. The largest absolute Gasteiger partial charge is 0.245 e. The van der Waals surface area contributed by atoms with Gasteiger partial charge in [0, 0.05) is 6.20 Å². The van der Waals surface area contributed by atoms with Gasteiger partial charge < -0.3 is 0 Å². The van der Waals surface area contributed by atoms with E-state index in [0.29, 0.717) is 5.92 Å². The van der Waals surface area contributed by atoms with Crippen molar-refractivity contribution >= 4 is 10.7 Å². The lowest BCUT2D eigenvalue weighted by Crippen LogP contribution is -1.91. The molecule has 0 aliphatic heterocycles. The molecule has 3 nitrogen and oxygen atoms in total. The summed E-state index contributed by atoms with van der Waals surface area (Å²) < 4.78 is 20.9. The lowest BCUT2D eigenvalue weighted by molar-refractivity contribution is 0.611. The first-order chi connectivity index (χ1) is 5.61. The first kappa shape index (κ1) is 9.19. The quantitative estimate of drug-likeness (QED) is 0.704. The molecule has 0 amide bonds. The topological polar surface area (TPSA) is 47.0 Å². The molecule has 1 rings (SSSR count). The van der Waals surface area contributed by atoms with Crippen LogP contribution >= 0.6 is 0 Å². The van der Waals surface area contributed by atoms with Gasteiger partial charge in [-0.1, -0.05) is 19.9 Å². The van der Waals surface area contributed by atoms with Crippen molar-refractivity contribution < 1.29 is 8.42 Å². The van der Waals surface area contributed by atoms with Gasteiger partial charge in [0.25, 0.3) is 0 Å². The predicted molar refractivity (Wildman–Crippen MR) is 46.9 cm³/mol. The molecule has 0 fully saturated rings. The lowest BCUT2D eigenvalue weighted by atomic mass is 10.1. The molecule has 0 saturated carbocycles. The molecule has 0 aromatic carbocycles. The molecule has 4 heteroatoms. The zero-order valence-electron chi connectivity index (χ0n) is 7.02. The Morgan fingerprint density at radius 1 is 1.33 bits per heavy atom. The Labute approximate surface area is 73.4 Å². The molecule has 12 heavy (non-hydrogen) atoms. The molecule has 0 N–H and O–H groups in total. The number of thiol groups is 1. The number of hydrogen-bond acceptors (Lipinski definition) is 3. The molecule has 0 saturated heterocycles. The van der Waals surface area contributed by atoms with Crippen LogP contribution in [-0.4, -0.2) is 13.4 Å². The van der Waals surface area contributed by atoms with Crippen molar-refractivity contribution in [3.05, 3.63) is 23.9 Å². The van der Waals surface area contributed by atoms with Gasteiger partial charge in [-0.15, -0.1) is 0 Å². The van der Waals surface area contributed by atoms with Gasteiger partial charge in [-0.2, -0.15) is 0 Å². The van der Waals surface area contributed by atoms with Crippen LogP contribution in [-0.2, 0) is 10.7 Å². The average Bonchev–Trinajstić information content (AvgIpc) is 2.04. The average molecular weight is 185 g/mol. The fourth-order valence-electron chi connectivity index (χ4n) is 0.847. The zero-order valence-corrected chi connectivity index (χ0v) is 7.91. The van der Waals surface area contributed by atoms with Crippen LogP contribution in [0.5, 0.6) is 0 Å². The molecule has 66 valence electrons. The predicted octanol–water partition coefficient (Wildman–Crippen LogP) is 1.18. The van der Waals surface area contributed by atoms with Gasteiger partial charge in [0.1, 0.15) is 0 Å². The number of pyridine rings is 1. The summed E-state index contributed by atoms with van der Waals surface area (Å²) in [6.45, 7) is 4.07. The Kier molecular flexibility index (Phi) is 2.81. The van der Waals surface area contributed by atoms with E-state index in [0.717, 1.165) is 5.56 Å². The fourth-order valence-corrected chi connectivity index (χ4v) is 1.20. The third-order valence-electron chi connectivity index (χ3n) is 1.62.